The molecule has 0 aliphatic rings. The number of hydrogen-bond donors (Lipinski definition) is 0. The zero-order chi connectivity index (χ0) is 11.9. The SMILES string of the molecule is CC(C)(C)c1cc(C(F)(F)F)ccc1Br. The van der Waals surface area contributed by atoms with Crippen molar-refractivity contribution in [1.82, 2.24) is 0 Å². The quantitative estimate of drug-likeness (QED) is 0.642. The van der Waals surface area contributed by atoms with Crippen molar-refractivity contribution >= 4 is 15.9 Å². The fourth-order valence-electron chi connectivity index (χ4n) is 1.28. The summed E-state index contributed by atoms with van der Waals surface area (Å²) < 4.78 is 38.1. The van der Waals surface area contributed by atoms with Crippen LogP contribution < -0.4 is 0 Å². The minimum absolute atomic E-state index is 0.305. The highest BCUT2D eigenvalue weighted by molar-refractivity contribution is 9.10. The molecule has 0 atom stereocenters. The van der Waals surface area contributed by atoms with Gasteiger partial charge >= 0.3 is 6.18 Å². The van der Waals surface area contributed by atoms with Gasteiger partial charge in [0.05, 0.1) is 5.56 Å². The molecule has 0 saturated carbocycles. The molecule has 0 nitrogen and oxygen atoms in total. The maximum atomic E-state index is 12.5. The molecule has 15 heavy (non-hydrogen) atoms. The van der Waals surface area contributed by atoms with Gasteiger partial charge in [-0.25, -0.2) is 0 Å². The first-order chi connectivity index (χ1) is 6.62. The van der Waals surface area contributed by atoms with Crippen LogP contribution in [0, 0.1) is 0 Å². The Hall–Kier alpha value is -0.510. The molecule has 84 valence electrons. The third-order valence-electron chi connectivity index (χ3n) is 2.10. The molecule has 0 aromatic heterocycles. The van der Waals surface area contributed by atoms with E-state index in [1.54, 1.807) is 0 Å². The summed E-state index contributed by atoms with van der Waals surface area (Å²) in [4.78, 5) is 0. The second-order valence-electron chi connectivity index (χ2n) is 4.44. The van der Waals surface area contributed by atoms with E-state index >= 15 is 0 Å². The highest BCUT2D eigenvalue weighted by atomic mass is 79.9. The topological polar surface area (TPSA) is 0 Å². The lowest BCUT2D eigenvalue weighted by Crippen LogP contribution is -2.14. The number of benzene rings is 1. The summed E-state index contributed by atoms with van der Waals surface area (Å²) in [5.74, 6) is 0. The first-order valence-electron chi connectivity index (χ1n) is 4.49. The van der Waals surface area contributed by atoms with Gasteiger partial charge in [0.1, 0.15) is 0 Å². The molecule has 0 unspecified atom stereocenters. The van der Waals surface area contributed by atoms with E-state index in [9.17, 15) is 13.2 Å². The minimum Gasteiger partial charge on any atom is -0.166 e. The molecule has 0 fully saturated rings. The van der Waals surface area contributed by atoms with E-state index in [-0.39, 0.29) is 5.41 Å². The molecule has 1 aromatic rings. The standard InChI is InChI=1S/C11H12BrF3/c1-10(2,3)8-6-7(11(13,14)15)4-5-9(8)12/h4-6H,1-3H3. The summed E-state index contributed by atoms with van der Waals surface area (Å²) >= 11 is 3.27. The molecule has 0 spiro atoms. The van der Waals surface area contributed by atoms with Gasteiger partial charge in [0.15, 0.2) is 0 Å². The highest BCUT2D eigenvalue weighted by Gasteiger charge is 2.32. The summed E-state index contributed by atoms with van der Waals surface area (Å²) in [5.41, 5.74) is -0.243. The summed E-state index contributed by atoms with van der Waals surface area (Å²) in [6.07, 6.45) is -4.28. The van der Waals surface area contributed by atoms with Crippen molar-refractivity contribution in [3.63, 3.8) is 0 Å². The first kappa shape index (κ1) is 12.6. The van der Waals surface area contributed by atoms with Crippen LogP contribution in [0.5, 0.6) is 0 Å². The maximum absolute atomic E-state index is 12.5. The summed E-state index contributed by atoms with van der Waals surface area (Å²) in [6.45, 7) is 5.65. The molecule has 0 saturated heterocycles. The van der Waals surface area contributed by atoms with Crippen molar-refractivity contribution in [2.45, 2.75) is 32.4 Å². The van der Waals surface area contributed by atoms with E-state index < -0.39 is 11.7 Å². The number of alkyl halides is 3. The lowest BCUT2D eigenvalue weighted by Gasteiger charge is -2.22. The summed E-state index contributed by atoms with van der Waals surface area (Å²) in [6, 6.07) is 3.73. The Morgan fingerprint density at radius 3 is 2.00 bits per heavy atom. The largest absolute Gasteiger partial charge is 0.416 e. The predicted molar refractivity (Wildman–Crippen MR) is 57.8 cm³/mol. The molecule has 0 aliphatic heterocycles. The zero-order valence-corrected chi connectivity index (χ0v) is 10.3. The average Bonchev–Trinajstić information content (AvgIpc) is 2.00. The molecule has 0 aliphatic carbocycles. The molecule has 0 heterocycles. The lowest BCUT2D eigenvalue weighted by molar-refractivity contribution is -0.137. The fraction of sp³-hybridized carbons (Fsp3) is 0.455. The normalized spacial score (nSPS) is 13.0. The monoisotopic (exact) mass is 280 g/mol. The van der Waals surface area contributed by atoms with E-state index in [2.05, 4.69) is 15.9 Å². The molecular formula is C11H12BrF3. The number of rotatable bonds is 0. The van der Waals surface area contributed by atoms with Gasteiger partial charge in [-0.15, -0.1) is 0 Å². The van der Waals surface area contributed by atoms with Gasteiger partial charge < -0.3 is 0 Å². The average molecular weight is 281 g/mol. The molecule has 0 N–H and O–H groups in total. The Morgan fingerprint density at radius 2 is 1.60 bits per heavy atom. The van der Waals surface area contributed by atoms with Crippen LogP contribution in [-0.4, -0.2) is 0 Å². The Labute approximate surface area is 95.6 Å². The van der Waals surface area contributed by atoms with E-state index in [0.29, 0.717) is 10.0 Å². The Kier molecular flexibility index (Phi) is 3.19. The highest BCUT2D eigenvalue weighted by Crippen LogP contribution is 2.36. The Bertz CT molecular complexity index is 361. The van der Waals surface area contributed by atoms with E-state index in [1.165, 1.54) is 12.1 Å². The smallest absolute Gasteiger partial charge is 0.166 e. The molecule has 4 heteroatoms. The molecule has 1 rings (SSSR count). The van der Waals surface area contributed by atoms with Crippen LogP contribution in [-0.2, 0) is 11.6 Å². The molecule has 1 aromatic carbocycles. The first-order valence-corrected chi connectivity index (χ1v) is 5.29. The third-order valence-corrected chi connectivity index (χ3v) is 2.79. The summed E-state index contributed by atoms with van der Waals surface area (Å²) in [7, 11) is 0. The van der Waals surface area contributed by atoms with Crippen molar-refractivity contribution in [2.24, 2.45) is 0 Å². The van der Waals surface area contributed by atoms with Crippen molar-refractivity contribution in [3.05, 3.63) is 33.8 Å². The van der Waals surface area contributed by atoms with E-state index in [4.69, 9.17) is 0 Å². The van der Waals surface area contributed by atoms with Crippen LogP contribution in [0.3, 0.4) is 0 Å². The van der Waals surface area contributed by atoms with Gasteiger partial charge in [0, 0.05) is 4.47 Å². The van der Waals surface area contributed by atoms with Crippen molar-refractivity contribution in [2.75, 3.05) is 0 Å². The van der Waals surface area contributed by atoms with Gasteiger partial charge in [0.2, 0.25) is 0 Å². The number of halogens is 4. The van der Waals surface area contributed by atoms with E-state index in [0.717, 1.165) is 6.07 Å². The lowest BCUT2D eigenvalue weighted by atomic mass is 9.86. The third kappa shape index (κ3) is 2.97. The van der Waals surface area contributed by atoms with Crippen LogP contribution in [0.2, 0.25) is 0 Å². The Balaban J connectivity index is 3.30. The maximum Gasteiger partial charge on any atom is 0.416 e. The van der Waals surface area contributed by atoms with Gasteiger partial charge in [0.25, 0.3) is 0 Å². The summed E-state index contributed by atoms with van der Waals surface area (Å²) in [5, 5.41) is 0. The van der Waals surface area contributed by atoms with Crippen LogP contribution in [0.4, 0.5) is 13.2 Å². The second-order valence-corrected chi connectivity index (χ2v) is 5.30. The van der Waals surface area contributed by atoms with Crippen LogP contribution in [0.15, 0.2) is 22.7 Å². The number of hydrogen-bond acceptors (Lipinski definition) is 0. The minimum atomic E-state index is -4.28. The molecule has 0 radical (unpaired) electrons. The fourth-order valence-corrected chi connectivity index (χ4v) is 2.12. The second kappa shape index (κ2) is 3.81. The molecule has 0 bridgehead atoms. The zero-order valence-electron chi connectivity index (χ0n) is 8.74. The van der Waals surface area contributed by atoms with Gasteiger partial charge in [-0.1, -0.05) is 36.7 Å². The van der Waals surface area contributed by atoms with Gasteiger partial charge in [-0.05, 0) is 29.2 Å². The van der Waals surface area contributed by atoms with E-state index in [1.807, 2.05) is 20.8 Å². The van der Waals surface area contributed by atoms with Crippen molar-refractivity contribution in [3.8, 4) is 0 Å². The van der Waals surface area contributed by atoms with Crippen LogP contribution in [0.1, 0.15) is 31.9 Å². The van der Waals surface area contributed by atoms with Crippen molar-refractivity contribution in [1.29, 1.82) is 0 Å². The molecular weight excluding hydrogens is 269 g/mol. The van der Waals surface area contributed by atoms with Crippen LogP contribution >= 0.6 is 15.9 Å². The van der Waals surface area contributed by atoms with Crippen LogP contribution in [0.25, 0.3) is 0 Å². The predicted octanol–water partition coefficient (Wildman–Crippen LogP) is 4.77. The Morgan fingerprint density at radius 1 is 1.07 bits per heavy atom. The molecule has 0 amide bonds. The van der Waals surface area contributed by atoms with Gasteiger partial charge in [-0.3, -0.25) is 0 Å². The van der Waals surface area contributed by atoms with Crippen molar-refractivity contribution < 1.29 is 13.2 Å². The van der Waals surface area contributed by atoms with Gasteiger partial charge in [-0.2, -0.15) is 13.2 Å².